The Labute approximate surface area is 113 Å². The number of nitro groups is 1. The summed E-state index contributed by atoms with van der Waals surface area (Å²) in [5.74, 6) is 0.250. The van der Waals surface area contributed by atoms with Crippen LogP contribution in [0.1, 0.15) is 32.4 Å². The first kappa shape index (κ1) is 16.7. The molecule has 0 aromatic heterocycles. The van der Waals surface area contributed by atoms with Crippen LogP contribution in [0.25, 0.3) is 0 Å². The lowest BCUT2D eigenvalue weighted by molar-refractivity contribution is -0.385. The van der Waals surface area contributed by atoms with Gasteiger partial charge in [-0.15, -0.1) is 12.4 Å². The van der Waals surface area contributed by atoms with Crippen LogP contribution in [-0.2, 0) is 0 Å². The molecule has 1 atom stereocenters. The first-order valence-electron chi connectivity index (χ1n) is 5.35. The molecule has 1 aromatic carbocycles. The van der Waals surface area contributed by atoms with Gasteiger partial charge >= 0.3 is 5.69 Å². The van der Waals surface area contributed by atoms with Crippen LogP contribution in [0.5, 0.6) is 5.75 Å². The maximum absolute atomic E-state index is 10.9. The van der Waals surface area contributed by atoms with Gasteiger partial charge in [-0.2, -0.15) is 0 Å². The number of methoxy groups -OCH3 is 1. The summed E-state index contributed by atoms with van der Waals surface area (Å²) < 4.78 is 4.94. The van der Waals surface area contributed by atoms with Crippen molar-refractivity contribution in [1.82, 2.24) is 0 Å². The highest BCUT2D eigenvalue weighted by Crippen LogP contribution is 2.35. The normalized spacial score (nSPS) is 12.5. The quantitative estimate of drug-likeness (QED) is 0.679. The third-order valence-corrected chi connectivity index (χ3v) is 2.69. The first-order valence-corrected chi connectivity index (χ1v) is 5.35. The maximum atomic E-state index is 10.9. The van der Waals surface area contributed by atoms with Crippen LogP contribution in [0, 0.1) is 15.5 Å². The Morgan fingerprint density at radius 2 is 1.94 bits per heavy atom. The van der Waals surface area contributed by atoms with Gasteiger partial charge in [-0.05, 0) is 17.0 Å². The minimum atomic E-state index is -0.461. The molecule has 0 amide bonds. The summed E-state index contributed by atoms with van der Waals surface area (Å²) in [4.78, 5) is 10.4. The monoisotopic (exact) mass is 274 g/mol. The molecule has 0 unspecified atom stereocenters. The second-order valence-corrected chi connectivity index (χ2v) is 5.03. The van der Waals surface area contributed by atoms with Crippen molar-refractivity contribution in [3.8, 4) is 5.75 Å². The van der Waals surface area contributed by atoms with E-state index in [1.54, 1.807) is 12.1 Å². The highest BCUT2D eigenvalue weighted by Gasteiger charge is 2.25. The fourth-order valence-electron chi connectivity index (χ4n) is 1.54. The van der Waals surface area contributed by atoms with Gasteiger partial charge in [-0.25, -0.2) is 0 Å². The van der Waals surface area contributed by atoms with Crippen molar-refractivity contribution in [2.45, 2.75) is 26.8 Å². The van der Waals surface area contributed by atoms with Crippen LogP contribution < -0.4 is 10.5 Å². The molecule has 0 aliphatic carbocycles. The Morgan fingerprint density at radius 3 is 2.33 bits per heavy atom. The maximum Gasteiger partial charge on any atom is 0.311 e. The average Bonchev–Trinajstić information content (AvgIpc) is 2.25. The first-order chi connectivity index (χ1) is 7.77. The zero-order chi connectivity index (χ0) is 13.2. The molecule has 0 saturated heterocycles. The van der Waals surface area contributed by atoms with Gasteiger partial charge in [-0.3, -0.25) is 10.1 Å². The standard InChI is InChI=1S/C12H18N2O3.ClH/c1-12(2,3)11(13)8-5-6-10(17-4)9(7-8)14(15)16;/h5-7,11H,13H2,1-4H3;1H/t11-;/m0./s1. The number of nitrogens with two attached hydrogens (primary N) is 1. The Balaban J connectivity index is 0.00000289. The molecular weight excluding hydrogens is 256 g/mol. The topological polar surface area (TPSA) is 78.4 Å². The SMILES string of the molecule is COc1ccc([C@H](N)C(C)(C)C)cc1[N+](=O)[O-].Cl. The predicted molar refractivity (Wildman–Crippen MR) is 73.3 cm³/mol. The Hall–Kier alpha value is -1.33. The van der Waals surface area contributed by atoms with Crippen molar-refractivity contribution in [2.24, 2.45) is 11.1 Å². The van der Waals surface area contributed by atoms with Gasteiger partial charge in [0, 0.05) is 12.1 Å². The van der Waals surface area contributed by atoms with E-state index < -0.39 is 4.92 Å². The van der Waals surface area contributed by atoms with E-state index in [1.165, 1.54) is 13.2 Å². The van der Waals surface area contributed by atoms with E-state index in [1.807, 2.05) is 20.8 Å². The van der Waals surface area contributed by atoms with E-state index in [0.717, 1.165) is 5.56 Å². The molecule has 102 valence electrons. The Morgan fingerprint density at radius 1 is 1.39 bits per heavy atom. The molecule has 6 heteroatoms. The molecule has 0 radical (unpaired) electrons. The molecule has 1 aromatic rings. The van der Waals surface area contributed by atoms with Crippen LogP contribution in [0.15, 0.2) is 18.2 Å². The summed E-state index contributed by atoms with van der Waals surface area (Å²) in [6.45, 7) is 5.98. The van der Waals surface area contributed by atoms with Crippen molar-refractivity contribution >= 4 is 18.1 Å². The molecule has 0 saturated carbocycles. The highest BCUT2D eigenvalue weighted by molar-refractivity contribution is 5.85. The van der Waals surface area contributed by atoms with Crippen molar-refractivity contribution in [2.75, 3.05) is 7.11 Å². The molecular formula is C12H19ClN2O3. The van der Waals surface area contributed by atoms with Gasteiger partial charge in [-0.1, -0.05) is 26.8 Å². The minimum absolute atomic E-state index is 0. The van der Waals surface area contributed by atoms with Gasteiger partial charge in [0.1, 0.15) is 0 Å². The van der Waals surface area contributed by atoms with E-state index in [0.29, 0.717) is 0 Å². The number of benzene rings is 1. The van der Waals surface area contributed by atoms with Crippen LogP contribution in [-0.4, -0.2) is 12.0 Å². The lowest BCUT2D eigenvalue weighted by Crippen LogP contribution is -2.26. The smallest absolute Gasteiger partial charge is 0.311 e. The Bertz CT molecular complexity index is 430. The number of hydrogen-bond acceptors (Lipinski definition) is 4. The predicted octanol–water partition coefficient (Wildman–Crippen LogP) is 3.07. The molecule has 0 heterocycles. The summed E-state index contributed by atoms with van der Waals surface area (Å²) >= 11 is 0. The van der Waals surface area contributed by atoms with Crippen LogP contribution in [0.4, 0.5) is 5.69 Å². The lowest BCUT2D eigenvalue weighted by atomic mass is 9.83. The fourth-order valence-corrected chi connectivity index (χ4v) is 1.54. The largest absolute Gasteiger partial charge is 0.490 e. The van der Waals surface area contributed by atoms with Crippen molar-refractivity contribution in [3.63, 3.8) is 0 Å². The average molecular weight is 275 g/mol. The van der Waals surface area contributed by atoms with Crippen molar-refractivity contribution < 1.29 is 9.66 Å². The molecule has 0 aliphatic heterocycles. The van der Waals surface area contributed by atoms with Gasteiger partial charge in [0.15, 0.2) is 5.75 Å². The summed E-state index contributed by atoms with van der Waals surface area (Å²) in [7, 11) is 1.41. The molecule has 0 aliphatic rings. The number of halogens is 1. The van der Waals surface area contributed by atoms with E-state index in [4.69, 9.17) is 10.5 Å². The summed E-state index contributed by atoms with van der Waals surface area (Å²) in [5.41, 5.74) is 6.61. The number of hydrogen-bond donors (Lipinski definition) is 1. The van der Waals surface area contributed by atoms with E-state index in [2.05, 4.69) is 0 Å². The molecule has 2 N–H and O–H groups in total. The molecule has 18 heavy (non-hydrogen) atoms. The fraction of sp³-hybridized carbons (Fsp3) is 0.500. The van der Waals surface area contributed by atoms with E-state index in [-0.39, 0.29) is 35.3 Å². The molecule has 0 spiro atoms. The summed E-state index contributed by atoms with van der Waals surface area (Å²) in [6.07, 6.45) is 0. The van der Waals surface area contributed by atoms with E-state index >= 15 is 0 Å². The van der Waals surface area contributed by atoms with Gasteiger partial charge < -0.3 is 10.5 Å². The number of nitro benzene ring substituents is 1. The zero-order valence-corrected chi connectivity index (χ0v) is 11.8. The van der Waals surface area contributed by atoms with Crippen LogP contribution in [0.2, 0.25) is 0 Å². The molecule has 0 fully saturated rings. The molecule has 1 rings (SSSR count). The minimum Gasteiger partial charge on any atom is -0.490 e. The number of rotatable bonds is 3. The second-order valence-electron chi connectivity index (χ2n) is 5.03. The second kappa shape index (κ2) is 6.02. The van der Waals surface area contributed by atoms with Gasteiger partial charge in [0.25, 0.3) is 0 Å². The van der Waals surface area contributed by atoms with Gasteiger partial charge in [0.05, 0.1) is 12.0 Å². The summed E-state index contributed by atoms with van der Waals surface area (Å²) in [5, 5.41) is 10.9. The summed E-state index contributed by atoms with van der Waals surface area (Å²) in [6, 6.07) is 4.57. The number of ether oxygens (including phenoxy) is 1. The van der Waals surface area contributed by atoms with E-state index in [9.17, 15) is 10.1 Å². The van der Waals surface area contributed by atoms with Gasteiger partial charge in [0.2, 0.25) is 0 Å². The van der Waals surface area contributed by atoms with Crippen molar-refractivity contribution in [1.29, 1.82) is 0 Å². The molecule has 5 nitrogen and oxygen atoms in total. The van der Waals surface area contributed by atoms with Crippen LogP contribution in [0.3, 0.4) is 0 Å². The zero-order valence-electron chi connectivity index (χ0n) is 11.0. The van der Waals surface area contributed by atoms with Crippen LogP contribution >= 0.6 is 12.4 Å². The third kappa shape index (κ3) is 3.58. The lowest BCUT2D eigenvalue weighted by Gasteiger charge is -2.27. The highest BCUT2D eigenvalue weighted by atomic mass is 35.5. The van der Waals surface area contributed by atoms with Crippen molar-refractivity contribution in [3.05, 3.63) is 33.9 Å². The molecule has 0 bridgehead atoms. The third-order valence-electron chi connectivity index (χ3n) is 2.69. The Kier molecular flexibility index (Phi) is 5.57. The number of nitrogens with zero attached hydrogens (tertiary/aromatic N) is 1.